The van der Waals surface area contributed by atoms with Gasteiger partial charge in [-0.05, 0) is 12.3 Å². The van der Waals surface area contributed by atoms with Gasteiger partial charge < -0.3 is 5.11 Å². The van der Waals surface area contributed by atoms with E-state index in [4.69, 9.17) is 0 Å². The normalized spacial score (nSPS) is 35.1. The van der Waals surface area contributed by atoms with Crippen molar-refractivity contribution in [2.45, 2.75) is 12.5 Å². The van der Waals surface area contributed by atoms with Crippen LogP contribution in [0.25, 0.3) is 0 Å². The smallest absolute Gasteiger partial charge is 0.328 e. The molecular formula is C11H12N2O3. The summed E-state index contributed by atoms with van der Waals surface area (Å²) in [5, 5.41) is 9.25. The number of aromatic amines is 1. The summed E-state index contributed by atoms with van der Waals surface area (Å²) in [4.78, 5) is 24.8. The number of allylic oxidation sites excluding steroid dienone is 1. The lowest BCUT2D eigenvalue weighted by Crippen LogP contribution is -2.31. The highest BCUT2D eigenvalue weighted by Crippen LogP contribution is 2.63. The number of H-pyrrole nitrogens is 1. The second-order valence-corrected chi connectivity index (χ2v) is 4.57. The molecule has 1 unspecified atom stereocenters. The third-order valence-electron chi connectivity index (χ3n) is 3.68. The zero-order valence-corrected chi connectivity index (χ0v) is 8.59. The van der Waals surface area contributed by atoms with E-state index in [2.05, 4.69) is 4.98 Å². The van der Waals surface area contributed by atoms with E-state index < -0.39 is 0 Å². The van der Waals surface area contributed by atoms with E-state index in [1.165, 1.54) is 16.8 Å². The fraction of sp³-hybridized carbons (Fsp3) is 0.455. The van der Waals surface area contributed by atoms with Gasteiger partial charge in [0, 0.05) is 17.7 Å². The SMILES string of the molecule is O=c1ccn([C@@H]2C=CC3(CO)C[C@@H]23)c(=O)[nH]1. The van der Waals surface area contributed by atoms with Crippen molar-refractivity contribution >= 4 is 0 Å². The third kappa shape index (κ3) is 1.15. The zero-order chi connectivity index (χ0) is 11.3. The molecule has 0 amide bonds. The molecule has 5 heteroatoms. The molecule has 0 saturated heterocycles. The molecule has 1 heterocycles. The van der Waals surface area contributed by atoms with Crippen LogP contribution in [0.1, 0.15) is 12.5 Å². The van der Waals surface area contributed by atoms with Crippen LogP contribution in [-0.2, 0) is 0 Å². The van der Waals surface area contributed by atoms with E-state index in [1.54, 1.807) is 0 Å². The van der Waals surface area contributed by atoms with E-state index >= 15 is 0 Å². The number of rotatable bonds is 2. The standard InChI is InChI=1S/C11H12N2O3/c14-6-11-3-1-8(7(11)5-11)13-4-2-9(15)12-10(13)16/h1-4,7-8,14H,5-6H2,(H,12,15,16)/t7-,8+,11?/m0/s1. The molecule has 16 heavy (non-hydrogen) atoms. The number of fused-ring (bicyclic) bond motifs is 1. The van der Waals surface area contributed by atoms with Crippen LogP contribution in [0.3, 0.4) is 0 Å². The molecule has 5 nitrogen and oxygen atoms in total. The van der Waals surface area contributed by atoms with Gasteiger partial charge in [-0.25, -0.2) is 4.79 Å². The van der Waals surface area contributed by atoms with Crippen LogP contribution in [0.4, 0.5) is 0 Å². The highest BCUT2D eigenvalue weighted by atomic mass is 16.3. The Morgan fingerprint density at radius 1 is 1.56 bits per heavy atom. The van der Waals surface area contributed by atoms with Crippen LogP contribution >= 0.6 is 0 Å². The van der Waals surface area contributed by atoms with Gasteiger partial charge in [-0.3, -0.25) is 14.3 Å². The molecule has 84 valence electrons. The van der Waals surface area contributed by atoms with Gasteiger partial charge >= 0.3 is 5.69 Å². The molecule has 2 aliphatic carbocycles. The minimum Gasteiger partial charge on any atom is -0.395 e. The number of aliphatic hydroxyl groups is 1. The molecule has 0 aromatic carbocycles. The average Bonchev–Trinajstić information content (AvgIpc) is 2.88. The van der Waals surface area contributed by atoms with Gasteiger partial charge in [-0.1, -0.05) is 12.2 Å². The molecule has 0 aliphatic heterocycles. The Labute approximate surface area is 91.1 Å². The van der Waals surface area contributed by atoms with Gasteiger partial charge in [0.05, 0.1) is 12.6 Å². The highest BCUT2D eigenvalue weighted by Gasteiger charge is 2.58. The summed E-state index contributed by atoms with van der Waals surface area (Å²) in [6.45, 7) is 0.128. The van der Waals surface area contributed by atoms with Gasteiger partial charge in [0.15, 0.2) is 0 Å². The quantitative estimate of drug-likeness (QED) is 0.669. The predicted octanol–water partition coefficient (Wildman–Crippen LogP) is -0.354. The summed E-state index contributed by atoms with van der Waals surface area (Å²) in [6.07, 6.45) is 6.35. The van der Waals surface area contributed by atoms with Crippen LogP contribution in [0.15, 0.2) is 34.0 Å². The van der Waals surface area contributed by atoms with E-state index in [0.29, 0.717) is 5.92 Å². The predicted molar refractivity (Wildman–Crippen MR) is 57.1 cm³/mol. The van der Waals surface area contributed by atoms with Crippen LogP contribution in [0.5, 0.6) is 0 Å². The van der Waals surface area contributed by atoms with Crippen molar-refractivity contribution in [3.8, 4) is 0 Å². The van der Waals surface area contributed by atoms with Gasteiger partial charge in [-0.2, -0.15) is 0 Å². The van der Waals surface area contributed by atoms with E-state index in [-0.39, 0.29) is 29.3 Å². The Kier molecular flexibility index (Phi) is 1.77. The Morgan fingerprint density at radius 2 is 2.38 bits per heavy atom. The van der Waals surface area contributed by atoms with Crippen LogP contribution in [0.2, 0.25) is 0 Å². The monoisotopic (exact) mass is 220 g/mol. The van der Waals surface area contributed by atoms with Gasteiger partial charge in [0.25, 0.3) is 5.56 Å². The molecule has 1 aromatic rings. The van der Waals surface area contributed by atoms with Crippen molar-refractivity contribution in [1.29, 1.82) is 0 Å². The molecule has 1 fully saturated rings. The second kappa shape index (κ2) is 2.95. The second-order valence-electron chi connectivity index (χ2n) is 4.57. The highest BCUT2D eigenvalue weighted by molar-refractivity contribution is 5.27. The number of nitrogens with zero attached hydrogens (tertiary/aromatic N) is 1. The average molecular weight is 220 g/mol. The van der Waals surface area contributed by atoms with Gasteiger partial charge in [0.1, 0.15) is 0 Å². The molecule has 0 bridgehead atoms. The maximum absolute atomic E-state index is 11.6. The van der Waals surface area contributed by atoms with E-state index in [9.17, 15) is 14.7 Å². The Hall–Kier alpha value is -1.62. The van der Waals surface area contributed by atoms with E-state index in [0.717, 1.165) is 6.42 Å². The lowest BCUT2D eigenvalue weighted by atomic mass is 10.1. The lowest BCUT2D eigenvalue weighted by molar-refractivity contribution is 0.230. The van der Waals surface area contributed by atoms with Crippen molar-refractivity contribution < 1.29 is 5.11 Å². The summed E-state index contributed by atoms with van der Waals surface area (Å²) < 4.78 is 1.52. The molecule has 3 atom stereocenters. The topological polar surface area (TPSA) is 75.1 Å². The summed E-state index contributed by atoms with van der Waals surface area (Å²) in [6, 6.07) is 1.31. The van der Waals surface area contributed by atoms with Crippen molar-refractivity contribution in [3.63, 3.8) is 0 Å². The molecule has 2 aliphatic rings. The van der Waals surface area contributed by atoms with Crippen molar-refractivity contribution in [3.05, 3.63) is 45.3 Å². The summed E-state index contributed by atoms with van der Waals surface area (Å²) >= 11 is 0. The molecule has 1 aromatic heterocycles. The first-order chi connectivity index (χ1) is 7.66. The first-order valence-electron chi connectivity index (χ1n) is 5.28. The van der Waals surface area contributed by atoms with Crippen molar-refractivity contribution in [1.82, 2.24) is 9.55 Å². The lowest BCUT2D eigenvalue weighted by Gasteiger charge is -2.12. The molecule has 2 N–H and O–H groups in total. The minimum atomic E-state index is -0.386. The molecule has 0 radical (unpaired) electrons. The van der Waals surface area contributed by atoms with Gasteiger partial charge in [-0.15, -0.1) is 0 Å². The van der Waals surface area contributed by atoms with E-state index in [1.807, 2.05) is 12.2 Å². The maximum atomic E-state index is 11.6. The maximum Gasteiger partial charge on any atom is 0.328 e. The van der Waals surface area contributed by atoms with Crippen molar-refractivity contribution in [2.24, 2.45) is 11.3 Å². The third-order valence-corrected chi connectivity index (χ3v) is 3.68. The largest absolute Gasteiger partial charge is 0.395 e. The minimum absolute atomic E-state index is 0.0310. The molecule has 3 rings (SSSR count). The number of hydrogen-bond acceptors (Lipinski definition) is 3. The molecule has 0 spiro atoms. The summed E-state index contributed by atoms with van der Waals surface area (Å²) in [5.74, 6) is 0.293. The Balaban J connectivity index is 1.99. The van der Waals surface area contributed by atoms with Crippen LogP contribution in [-0.4, -0.2) is 21.3 Å². The first-order valence-corrected chi connectivity index (χ1v) is 5.28. The first kappa shape index (κ1) is 9.59. The molecular weight excluding hydrogens is 208 g/mol. The summed E-state index contributed by atoms with van der Waals surface area (Å²) in [7, 11) is 0. The fourth-order valence-corrected chi connectivity index (χ4v) is 2.61. The van der Waals surface area contributed by atoms with Crippen molar-refractivity contribution in [2.75, 3.05) is 6.61 Å². The zero-order valence-electron chi connectivity index (χ0n) is 8.59. The Morgan fingerprint density at radius 3 is 2.94 bits per heavy atom. The summed E-state index contributed by atoms with van der Waals surface area (Å²) in [5.41, 5.74) is -0.879. The fourth-order valence-electron chi connectivity index (χ4n) is 2.61. The van der Waals surface area contributed by atoms with Crippen LogP contribution < -0.4 is 11.2 Å². The number of nitrogens with one attached hydrogen (secondary N) is 1. The van der Waals surface area contributed by atoms with Gasteiger partial charge in [0.2, 0.25) is 0 Å². The van der Waals surface area contributed by atoms with Crippen LogP contribution in [0, 0.1) is 11.3 Å². The Bertz CT molecular complexity index is 571. The number of aliphatic hydroxyl groups excluding tert-OH is 1. The molecule has 1 saturated carbocycles. The number of hydrogen-bond donors (Lipinski definition) is 2. The number of aromatic nitrogens is 2.